The number of aliphatic imine (C=N–C) groups is 1. The summed E-state index contributed by atoms with van der Waals surface area (Å²) >= 11 is 0. The molecule has 0 aromatic heterocycles. The van der Waals surface area contributed by atoms with Gasteiger partial charge in [-0.05, 0) is 17.5 Å². The predicted octanol–water partition coefficient (Wildman–Crippen LogP) is -0.0825. The van der Waals surface area contributed by atoms with Crippen LogP contribution in [0.5, 0.6) is 0 Å². The zero-order valence-corrected chi connectivity index (χ0v) is 10.1. The second kappa shape index (κ2) is 4.56. The number of rotatable bonds is 0. The topological polar surface area (TPSA) is 125 Å². The van der Waals surface area contributed by atoms with Crippen LogP contribution in [0.1, 0.15) is 17.2 Å². The van der Waals surface area contributed by atoms with Crippen LogP contribution in [-0.4, -0.2) is 29.5 Å². The molecule has 2 aliphatic rings. The van der Waals surface area contributed by atoms with Crippen molar-refractivity contribution >= 4 is 16.4 Å². The van der Waals surface area contributed by atoms with Gasteiger partial charge >= 0.3 is 10.4 Å². The Bertz CT molecular complexity index is 577. The SMILES string of the molecule is NC1=NC2c3ccccc3CC2N1.O=S(=O)(O)O. The Labute approximate surface area is 104 Å². The smallest absolute Gasteiger partial charge is 0.370 e. The molecular formula is C10H13N3O4S. The number of hydrogen-bond donors (Lipinski definition) is 4. The number of hydrogen-bond acceptors (Lipinski definition) is 5. The predicted molar refractivity (Wildman–Crippen MR) is 65.6 cm³/mol. The average molecular weight is 271 g/mol. The van der Waals surface area contributed by atoms with Crippen LogP contribution in [0.4, 0.5) is 0 Å². The summed E-state index contributed by atoms with van der Waals surface area (Å²) in [6.45, 7) is 0. The van der Waals surface area contributed by atoms with Gasteiger partial charge in [-0.15, -0.1) is 0 Å². The molecule has 0 amide bonds. The molecule has 7 nitrogen and oxygen atoms in total. The van der Waals surface area contributed by atoms with Gasteiger partial charge in [-0.25, -0.2) is 4.99 Å². The number of nitrogens with two attached hydrogens (primary N) is 1. The lowest BCUT2D eigenvalue weighted by atomic mass is 10.1. The van der Waals surface area contributed by atoms with Gasteiger partial charge in [0.05, 0.1) is 12.1 Å². The van der Waals surface area contributed by atoms with Crippen molar-refractivity contribution in [1.82, 2.24) is 5.32 Å². The van der Waals surface area contributed by atoms with Crippen LogP contribution >= 0.6 is 0 Å². The summed E-state index contributed by atoms with van der Waals surface area (Å²) in [4.78, 5) is 4.38. The van der Waals surface area contributed by atoms with Crippen LogP contribution in [0.2, 0.25) is 0 Å². The van der Waals surface area contributed by atoms with Crippen LogP contribution in [0.25, 0.3) is 0 Å². The number of fused-ring (bicyclic) bond motifs is 3. The largest absolute Gasteiger partial charge is 0.394 e. The highest BCUT2D eigenvalue weighted by Gasteiger charge is 2.35. The standard InChI is InChI=1S/C10H11N3.H2O4S/c11-10-12-8-5-6-3-1-2-4-7(6)9(8)13-10;1-5(2,3)4/h1-4,8-9H,5H2,(H3,11,12,13);(H2,1,2,3,4). The summed E-state index contributed by atoms with van der Waals surface area (Å²) in [5.41, 5.74) is 8.36. The van der Waals surface area contributed by atoms with Crippen molar-refractivity contribution in [3.8, 4) is 0 Å². The van der Waals surface area contributed by atoms with E-state index in [1.54, 1.807) is 0 Å². The Hall–Kier alpha value is -1.64. The van der Waals surface area contributed by atoms with Gasteiger partial charge < -0.3 is 11.1 Å². The Morgan fingerprint density at radius 2 is 1.94 bits per heavy atom. The molecule has 1 aromatic carbocycles. The van der Waals surface area contributed by atoms with Crippen LogP contribution < -0.4 is 11.1 Å². The molecule has 1 aromatic rings. The van der Waals surface area contributed by atoms with Crippen molar-refractivity contribution < 1.29 is 17.5 Å². The highest BCUT2D eigenvalue weighted by atomic mass is 32.3. The third kappa shape index (κ3) is 2.97. The highest BCUT2D eigenvalue weighted by molar-refractivity contribution is 7.79. The summed E-state index contributed by atoms with van der Waals surface area (Å²) in [7, 11) is -4.67. The fourth-order valence-corrected chi connectivity index (χ4v) is 2.24. The molecule has 18 heavy (non-hydrogen) atoms. The van der Waals surface area contributed by atoms with Gasteiger partial charge in [-0.3, -0.25) is 9.11 Å². The molecule has 8 heteroatoms. The molecule has 0 bridgehead atoms. The first-order chi connectivity index (χ1) is 8.34. The summed E-state index contributed by atoms with van der Waals surface area (Å²) in [6, 6.07) is 9.11. The summed E-state index contributed by atoms with van der Waals surface area (Å²) in [5.74, 6) is 0.588. The molecule has 2 unspecified atom stereocenters. The zero-order chi connectivity index (χ0) is 13.3. The Balaban J connectivity index is 0.000000209. The van der Waals surface area contributed by atoms with E-state index >= 15 is 0 Å². The second-order valence-corrected chi connectivity index (χ2v) is 4.96. The van der Waals surface area contributed by atoms with Crippen molar-refractivity contribution in [3.63, 3.8) is 0 Å². The van der Waals surface area contributed by atoms with Crippen molar-refractivity contribution in [2.45, 2.75) is 18.5 Å². The van der Waals surface area contributed by atoms with Crippen molar-refractivity contribution in [3.05, 3.63) is 35.4 Å². The molecule has 0 saturated heterocycles. The van der Waals surface area contributed by atoms with Gasteiger partial charge in [-0.1, -0.05) is 24.3 Å². The lowest BCUT2D eigenvalue weighted by Gasteiger charge is -2.06. The third-order valence-corrected chi connectivity index (χ3v) is 2.81. The lowest BCUT2D eigenvalue weighted by molar-refractivity contribution is 0.381. The van der Waals surface area contributed by atoms with Gasteiger partial charge in [0.15, 0.2) is 5.96 Å². The summed E-state index contributed by atoms with van der Waals surface area (Å²) in [5, 5.41) is 3.19. The van der Waals surface area contributed by atoms with E-state index in [9.17, 15) is 0 Å². The Morgan fingerprint density at radius 1 is 1.33 bits per heavy atom. The lowest BCUT2D eigenvalue weighted by Crippen LogP contribution is -2.34. The van der Waals surface area contributed by atoms with E-state index in [0.717, 1.165) is 6.42 Å². The van der Waals surface area contributed by atoms with E-state index in [0.29, 0.717) is 12.0 Å². The van der Waals surface area contributed by atoms with Crippen LogP contribution in [0.3, 0.4) is 0 Å². The molecule has 0 spiro atoms. The molecule has 0 fully saturated rings. The maximum Gasteiger partial charge on any atom is 0.394 e. The van der Waals surface area contributed by atoms with Gasteiger partial charge in [0, 0.05) is 0 Å². The third-order valence-electron chi connectivity index (χ3n) is 2.81. The molecule has 3 rings (SSSR count). The molecule has 98 valence electrons. The molecule has 1 aliphatic heterocycles. The fraction of sp³-hybridized carbons (Fsp3) is 0.300. The quantitative estimate of drug-likeness (QED) is 0.489. The molecule has 1 heterocycles. The minimum atomic E-state index is -4.67. The van der Waals surface area contributed by atoms with Gasteiger partial charge in [-0.2, -0.15) is 8.42 Å². The molecular weight excluding hydrogens is 258 g/mol. The van der Waals surface area contributed by atoms with Crippen molar-refractivity contribution in [1.29, 1.82) is 0 Å². The molecule has 1 aliphatic carbocycles. The monoisotopic (exact) mass is 271 g/mol. The van der Waals surface area contributed by atoms with Gasteiger partial charge in [0.25, 0.3) is 0 Å². The molecule has 5 N–H and O–H groups in total. The average Bonchev–Trinajstić information content (AvgIpc) is 2.71. The minimum absolute atomic E-state index is 0.260. The number of guanidine groups is 1. The zero-order valence-electron chi connectivity index (χ0n) is 9.31. The molecule has 2 atom stereocenters. The van der Waals surface area contributed by atoms with E-state index in [1.807, 2.05) is 0 Å². The maximum absolute atomic E-state index is 8.74. The molecule has 0 radical (unpaired) electrons. The van der Waals surface area contributed by atoms with E-state index in [-0.39, 0.29) is 6.04 Å². The van der Waals surface area contributed by atoms with E-state index < -0.39 is 10.4 Å². The first-order valence-electron chi connectivity index (χ1n) is 5.22. The van der Waals surface area contributed by atoms with E-state index in [4.69, 9.17) is 23.3 Å². The Kier molecular flexibility index (Phi) is 3.24. The van der Waals surface area contributed by atoms with Crippen LogP contribution in [0.15, 0.2) is 29.3 Å². The van der Waals surface area contributed by atoms with Crippen molar-refractivity contribution in [2.24, 2.45) is 10.7 Å². The van der Waals surface area contributed by atoms with Crippen LogP contribution in [-0.2, 0) is 16.8 Å². The van der Waals surface area contributed by atoms with Gasteiger partial charge in [0.2, 0.25) is 0 Å². The van der Waals surface area contributed by atoms with E-state index in [1.165, 1.54) is 11.1 Å². The van der Waals surface area contributed by atoms with Crippen LogP contribution in [0, 0.1) is 0 Å². The second-order valence-electron chi connectivity index (χ2n) is 4.06. The highest BCUT2D eigenvalue weighted by Crippen LogP contribution is 2.36. The first kappa shape index (κ1) is 12.8. The maximum atomic E-state index is 8.74. The van der Waals surface area contributed by atoms with Crippen molar-refractivity contribution in [2.75, 3.05) is 0 Å². The number of nitrogens with zero attached hydrogens (tertiary/aromatic N) is 1. The summed E-state index contributed by atoms with van der Waals surface area (Å²) < 4.78 is 31.6. The van der Waals surface area contributed by atoms with E-state index in [2.05, 4.69) is 34.6 Å². The fourth-order valence-electron chi connectivity index (χ4n) is 2.24. The molecule has 0 saturated carbocycles. The minimum Gasteiger partial charge on any atom is -0.370 e. The number of nitrogens with one attached hydrogen (secondary N) is 1. The van der Waals surface area contributed by atoms with Gasteiger partial charge in [0.1, 0.15) is 0 Å². The summed E-state index contributed by atoms with van der Waals surface area (Å²) in [6.07, 6.45) is 1.05. The first-order valence-corrected chi connectivity index (χ1v) is 6.62. The number of benzene rings is 1. The Morgan fingerprint density at radius 3 is 2.61 bits per heavy atom. The normalized spacial score (nSPS) is 24.2.